The Morgan fingerprint density at radius 1 is 1.38 bits per heavy atom. The van der Waals surface area contributed by atoms with Crippen LogP contribution in [0, 0.1) is 0 Å². The van der Waals surface area contributed by atoms with E-state index in [2.05, 4.69) is 17.2 Å². The maximum Gasteiger partial charge on any atom is 0.264 e. The number of ether oxygens (including phenoxy) is 1. The van der Waals surface area contributed by atoms with Crippen LogP contribution in [0.1, 0.15) is 36.9 Å². The Morgan fingerprint density at radius 3 is 2.81 bits per heavy atom. The Bertz CT molecular complexity index is 617. The summed E-state index contributed by atoms with van der Waals surface area (Å²) in [7, 11) is 0. The van der Waals surface area contributed by atoms with Crippen LogP contribution in [0.4, 0.5) is 5.13 Å². The minimum Gasteiger partial charge on any atom is -0.484 e. The average molecular weight is 302 g/mol. The highest BCUT2D eigenvalue weighted by molar-refractivity contribution is 7.13. The molecule has 110 valence electrons. The van der Waals surface area contributed by atoms with Gasteiger partial charge in [0.2, 0.25) is 0 Å². The molecule has 0 atom stereocenters. The maximum absolute atomic E-state index is 11.8. The van der Waals surface area contributed by atoms with Gasteiger partial charge in [0, 0.05) is 11.3 Å². The minimum absolute atomic E-state index is 0.00378. The maximum atomic E-state index is 11.8. The van der Waals surface area contributed by atoms with Crippen molar-refractivity contribution < 1.29 is 9.53 Å². The first-order chi connectivity index (χ1) is 10.2. The smallest absolute Gasteiger partial charge is 0.264 e. The number of hydrogen-bond acceptors (Lipinski definition) is 4. The molecule has 5 heteroatoms. The number of aryl methyl sites for hydroxylation is 1. The average Bonchev–Trinajstić information content (AvgIpc) is 3.26. The van der Waals surface area contributed by atoms with Gasteiger partial charge in [0.1, 0.15) is 5.75 Å². The van der Waals surface area contributed by atoms with Crippen molar-refractivity contribution in [2.75, 3.05) is 11.9 Å². The lowest BCUT2D eigenvalue weighted by molar-refractivity contribution is -0.118. The van der Waals surface area contributed by atoms with Gasteiger partial charge in [0.25, 0.3) is 5.91 Å². The predicted octanol–water partition coefficient (Wildman–Crippen LogP) is 3.60. The highest BCUT2D eigenvalue weighted by Gasteiger charge is 2.26. The first-order valence-corrected chi connectivity index (χ1v) is 8.09. The molecule has 0 spiro atoms. The van der Waals surface area contributed by atoms with Crippen LogP contribution >= 0.6 is 11.3 Å². The van der Waals surface area contributed by atoms with E-state index in [0.717, 1.165) is 12.1 Å². The van der Waals surface area contributed by atoms with Gasteiger partial charge in [-0.3, -0.25) is 10.1 Å². The molecular weight excluding hydrogens is 284 g/mol. The predicted molar refractivity (Wildman–Crippen MR) is 84.0 cm³/mol. The molecular formula is C16H18N2O2S. The molecule has 1 amide bonds. The standard InChI is InChI=1S/C16H18N2O2S/c1-2-11-3-7-13(8-4-11)20-9-15(19)18-16-17-14(10-21-16)12-5-6-12/h3-4,7-8,10,12H,2,5-6,9H2,1H3,(H,17,18,19). The Kier molecular flexibility index (Phi) is 4.20. The molecule has 1 N–H and O–H groups in total. The highest BCUT2D eigenvalue weighted by atomic mass is 32.1. The zero-order chi connectivity index (χ0) is 14.7. The number of hydrogen-bond donors (Lipinski definition) is 1. The second-order valence-electron chi connectivity index (χ2n) is 5.19. The number of thiazole rings is 1. The summed E-state index contributed by atoms with van der Waals surface area (Å²) in [5.74, 6) is 1.15. The molecule has 1 saturated carbocycles. The van der Waals surface area contributed by atoms with Crippen LogP contribution in [0.5, 0.6) is 5.75 Å². The van der Waals surface area contributed by atoms with Crippen LogP contribution in [0.2, 0.25) is 0 Å². The second-order valence-corrected chi connectivity index (χ2v) is 6.04. The number of benzene rings is 1. The van der Waals surface area contributed by atoms with E-state index >= 15 is 0 Å². The van der Waals surface area contributed by atoms with Gasteiger partial charge in [-0.05, 0) is 37.0 Å². The summed E-state index contributed by atoms with van der Waals surface area (Å²) in [4.78, 5) is 16.3. The molecule has 0 unspecified atom stereocenters. The number of carbonyl (C=O) groups is 1. The number of aromatic nitrogens is 1. The fraction of sp³-hybridized carbons (Fsp3) is 0.375. The van der Waals surface area contributed by atoms with Crippen molar-refractivity contribution in [2.45, 2.75) is 32.1 Å². The first kappa shape index (κ1) is 14.1. The Balaban J connectivity index is 1.48. The van der Waals surface area contributed by atoms with Crippen molar-refractivity contribution in [1.29, 1.82) is 0 Å². The van der Waals surface area contributed by atoms with Crippen molar-refractivity contribution in [1.82, 2.24) is 4.98 Å². The zero-order valence-electron chi connectivity index (χ0n) is 12.0. The molecule has 1 fully saturated rings. The van der Waals surface area contributed by atoms with Crippen LogP contribution in [-0.4, -0.2) is 17.5 Å². The highest BCUT2D eigenvalue weighted by Crippen LogP contribution is 2.40. The molecule has 4 nitrogen and oxygen atoms in total. The second kappa shape index (κ2) is 6.26. The lowest BCUT2D eigenvalue weighted by atomic mass is 10.2. The Morgan fingerprint density at radius 2 is 2.14 bits per heavy atom. The number of amides is 1. The van der Waals surface area contributed by atoms with E-state index in [-0.39, 0.29) is 12.5 Å². The third-order valence-electron chi connectivity index (χ3n) is 3.47. The number of nitrogens with one attached hydrogen (secondary N) is 1. The van der Waals surface area contributed by atoms with E-state index in [4.69, 9.17) is 4.74 Å². The van der Waals surface area contributed by atoms with Crippen molar-refractivity contribution in [3.8, 4) is 5.75 Å². The van der Waals surface area contributed by atoms with Gasteiger partial charge >= 0.3 is 0 Å². The molecule has 0 saturated heterocycles. The van der Waals surface area contributed by atoms with Crippen LogP contribution < -0.4 is 10.1 Å². The molecule has 0 aliphatic heterocycles. The molecule has 21 heavy (non-hydrogen) atoms. The van der Waals surface area contributed by atoms with Crippen molar-refractivity contribution in [3.05, 3.63) is 40.9 Å². The monoisotopic (exact) mass is 302 g/mol. The van der Waals surface area contributed by atoms with E-state index in [1.807, 2.05) is 29.6 Å². The van der Waals surface area contributed by atoms with Gasteiger partial charge in [-0.15, -0.1) is 11.3 Å². The lowest BCUT2D eigenvalue weighted by Crippen LogP contribution is -2.20. The summed E-state index contributed by atoms with van der Waals surface area (Å²) in [5.41, 5.74) is 2.36. The molecule has 1 aliphatic carbocycles. The normalized spacial score (nSPS) is 14.0. The first-order valence-electron chi connectivity index (χ1n) is 7.21. The van der Waals surface area contributed by atoms with E-state index < -0.39 is 0 Å². The fourth-order valence-electron chi connectivity index (χ4n) is 2.04. The summed E-state index contributed by atoms with van der Waals surface area (Å²) in [6.45, 7) is 2.11. The summed E-state index contributed by atoms with van der Waals surface area (Å²) in [6.07, 6.45) is 3.43. The lowest BCUT2D eigenvalue weighted by Gasteiger charge is -2.06. The summed E-state index contributed by atoms with van der Waals surface area (Å²) in [6, 6.07) is 7.80. The molecule has 1 heterocycles. The molecule has 1 aromatic carbocycles. The van der Waals surface area contributed by atoms with E-state index in [1.165, 1.54) is 29.7 Å². The zero-order valence-corrected chi connectivity index (χ0v) is 12.8. The molecule has 0 radical (unpaired) electrons. The van der Waals surface area contributed by atoms with Gasteiger partial charge in [0.05, 0.1) is 5.69 Å². The van der Waals surface area contributed by atoms with Gasteiger partial charge in [-0.25, -0.2) is 4.98 Å². The fourth-order valence-corrected chi connectivity index (χ4v) is 2.84. The Hall–Kier alpha value is -1.88. The SMILES string of the molecule is CCc1ccc(OCC(=O)Nc2nc(C3CC3)cs2)cc1. The minimum atomic E-state index is -0.175. The molecule has 3 rings (SSSR count). The molecule has 2 aromatic rings. The van der Waals surface area contributed by atoms with Gasteiger partial charge in [-0.1, -0.05) is 19.1 Å². The number of carbonyl (C=O) groups excluding carboxylic acids is 1. The molecule has 1 aliphatic rings. The number of nitrogens with zero attached hydrogens (tertiary/aromatic N) is 1. The molecule has 0 bridgehead atoms. The Labute approximate surface area is 128 Å². The summed E-state index contributed by atoms with van der Waals surface area (Å²) < 4.78 is 5.47. The summed E-state index contributed by atoms with van der Waals surface area (Å²) >= 11 is 1.47. The quantitative estimate of drug-likeness (QED) is 0.887. The third kappa shape index (κ3) is 3.82. The van der Waals surface area contributed by atoms with Crippen molar-refractivity contribution in [3.63, 3.8) is 0 Å². The van der Waals surface area contributed by atoms with Crippen LogP contribution in [0.3, 0.4) is 0 Å². The van der Waals surface area contributed by atoms with Crippen molar-refractivity contribution in [2.24, 2.45) is 0 Å². The van der Waals surface area contributed by atoms with E-state index in [9.17, 15) is 4.79 Å². The van der Waals surface area contributed by atoms with Crippen molar-refractivity contribution >= 4 is 22.4 Å². The number of rotatable bonds is 6. The number of anilines is 1. The van der Waals surface area contributed by atoms with Gasteiger partial charge < -0.3 is 4.74 Å². The van der Waals surface area contributed by atoms with Crippen LogP contribution in [-0.2, 0) is 11.2 Å². The van der Waals surface area contributed by atoms with E-state index in [1.54, 1.807) is 0 Å². The van der Waals surface area contributed by atoms with Gasteiger partial charge in [0.15, 0.2) is 11.7 Å². The summed E-state index contributed by atoms with van der Waals surface area (Å²) in [5, 5.41) is 5.47. The van der Waals surface area contributed by atoms with E-state index in [0.29, 0.717) is 16.8 Å². The van der Waals surface area contributed by atoms with Crippen LogP contribution in [0.25, 0.3) is 0 Å². The molecule has 1 aromatic heterocycles. The topological polar surface area (TPSA) is 51.2 Å². The largest absolute Gasteiger partial charge is 0.484 e. The van der Waals surface area contributed by atoms with Crippen LogP contribution in [0.15, 0.2) is 29.6 Å². The van der Waals surface area contributed by atoms with Gasteiger partial charge in [-0.2, -0.15) is 0 Å². The third-order valence-corrected chi connectivity index (χ3v) is 4.24.